The second-order valence-corrected chi connectivity index (χ2v) is 5.03. The van der Waals surface area contributed by atoms with E-state index in [1.54, 1.807) is 7.05 Å². The van der Waals surface area contributed by atoms with Crippen molar-refractivity contribution < 1.29 is 13.2 Å². The molecule has 1 aliphatic rings. The number of para-hydroxylation sites is 1. The Morgan fingerprint density at radius 3 is 2.45 bits per heavy atom. The lowest BCUT2D eigenvalue weighted by Gasteiger charge is -2.15. The summed E-state index contributed by atoms with van der Waals surface area (Å²) >= 11 is 0. The molecule has 1 aromatic heterocycles. The topological polar surface area (TPSA) is 26.9 Å². The van der Waals surface area contributed by atoms with Crippen molar-refractivity contribution >= 4 is 0 Å². The maximum Gasteiger partial charge on any atom is 0.418 e. The van der Waals surface area contributed by atoms with Crippen LogP contribution in [0.1, 0.15) is 30.0 Å². The Kier molecular flexibility index (Phi) is 2.77. The van der Waals surface area contributed by atoms with Crippen molar-refractivity contribution in [1.29, 1.82) is 0 Å². The van der Waals surface area contributed by atoms with Gasteiger partial charge in [-0.15, -0.1) is 0 Å². The lowest BCUT2D eigenvalue weighted by atomic mass is 10.1. The van der Waals surface area contributed by atoms with E-state index in [0.29, 0.717) is 5.92 Å². The van der Waals surface area contributed by atoms with E-state index in [2.05, 4.69) is 0 Å². The van der Waals surface area contributed by atoms with Gasteiger partial charge < -0.3 is 0 Å². The molecular weight excluding hydrogens is 269 g/mol. The number of rotatable bonds is 2. The van der Waals surface area contributed by atoms with Crippen LogP contribution in [0, 0.1) is 0 Å². The predicted molar refractivity (Wildman–Crippen MR) is 68.0 cm³/mol. The minimum Gasteiger partial charge on any atom is -0.285 e. The van der Waals surface area contributed by atoms with Crippen molar-refractivity contribution in [2.75, 3.05) is 0 Å². The fourth-order valence-electron chi connectivity index (χ4n) is 2.48. The summed E-state index contributed by atoms with van der Waals surface area (Å²) in [6, 6.07) is 6.57. The summed E-state index contributed by atoms with van der Waals surface area (Å²) in [5.74, 6) is 0.298. The van der Waals surface area contributed by atoms with Gasteiger partial charge in [0.15, 0.2) is 0 Å². The summed E-state index contributed by atoms with van der Waals surface area (Å²) in [5, 5.41) is 0. The van der Waals surface area contributed by atoms with Gasteiger partial charge in [0, 0.05) is 24.7 Å². The van der Waals surface area contributed by atoms with E-state index in [0.717, 1.165) is 29.3 Å². The molecule has 1 fully saturated rings. The first-order valence-electron chi connectivity index (χ1n) is 6.35. The van der Waals surface area contributed by atoms with Crippen LogP contribution in [0.4, 0.5) is 13.2 Å². The average Bonchev–Trinajstić information content (AvgIpc) is 3.15. The van der Waals surface area contributed by atoms with Crippen molar-refractivity contribution in [2.45, 2.75) is 24.9 Å². The van der Waals surface area contributed by atoms with Gasteiger partial charge in [0.05, 0.1) is 11.3 Å². The van der Waals surface area contributed by atoms with Gasteiger partial charge in [0.2, 0.25) is 0 Å². The number of halogens is 3. The van der Waals surface area contributed by atoms with Crippen molar-refractivity contribution in [3.05, 3.63) is 51.9 Å². The third-order valence-corrected chi connectivity index (χ3v) is 3.59. The third-order valence-electron chi connectivity index (χ3n) is 3.59. The van der Waals surface area contributed by atoms with E-state index >= 15 is 0 Å². The van der Waals surface area contributed by atoms with Gasteiger partial charge in [0.1, 0.15) is 0 Å². The Morgan fingerprint density at radius 2 is 1.85 bits per heavy atom. The lowest BCUT2D eigenvalue weighted by molar-refractivity contribution is -0.137. The van der Waals surface area contributed by atoms with Crippen LogP contribution in [0.5, 0.6) is 0 Å². The van der Waals surface area contributed by atoms with Gasteiger partial charge in [-0.1, -0.05) is 12.1 Å². The summed E-state index contributed by atoms with van der Waals surface area (Å²) in [5.41, 5.74) is -0.553. The van der Waals surface area contributed by atoms with E-state index < -0.39 is 17.3 Å². The highest BCUT2D eigenvalue weighted by Gasteiger charge is 2.35. The zero-order chi connectivity index (χ0) is 14.5. The second kappa shape index (κ2) is 4.26. The third kappa shape index (κ3) is 2.05. The standard InChI is InChI=1S/C14H13F3N2O/c1-18-12(9-6-7-9)8-13(20)19(18)11-5-3-2-4-10(11)14(15,16)17/h2-5,8-9H,6-7H2,1H3. The highest BCUT2D eigenvalue weighted by atomic mass is 19.4. The van der Waals surface area contributed by atoms with Crippen LogP contribution < -0.4 is 5.56 Å². The summed E-state index contributed by atoms with van der Waals surface area (Å²) in [6.07, 6.45) is -2.52. The van der Waals surface area contributed by atoms with Gasteiger partial charge in [-0.05, 0) is 25.0 Å². The number of hydrogen-bond donors (Lipinski definition) is 0. The number of hydrogen-bond acceptors (Lipinski definition) is 1. The highest BCUT2D eigenvalue weighted by molar-refractivity contribution is 5.42. The van der Waals surface area contributed by atoms with Crippen LogP contribution in [-0.2, 0) is 13.2 Å². The molecular formula is C14H13F3N2O. The number of alkyl halides is 3. The molecule has 2 aromatic rings. The molecule has 1 heterocycles. The van der Waals surface area contributed by atoms with Crippen LogP contribution >= 0.6 is 0 Å². The van der Waals surface area contributed by atoms with E-state index in [1.165, 1.54) is 28.9 Å². The highest BCUT2D eigenvalue weighted by Crippen LogP contribution is 2.40. The maximum absolute atomic E-state index is 13.1. The largest absolute Gasteiger partial charge is 0.418 e. The molecule has 0 spiro atoms. The quantitative estimate of drug-likeness (QED) is 0.831. The number of nitrogens with zero attached hydrogens (tertiary/aromatic N) is 2. The summed E-state index contributed by atoms with van der Waals surface area (Å²) < 4.78 is 41.8. The van der Waals surface area contributed by atoms with Crippen molar-refractivity contribution in [1.82, 2.24) is 9.36 Å². The molecule has 106 valence electrons. The fourth-order valence-corrected chi connectivity index (χ4v) is 2.48. The number of benzene rings is 1. The fraction of sp³-hybridized carbons (Fsp3) is 0.357. The smallest absolute Gasteiger partial charge is 0.285 e. The summed E-state index contributed by atoms with van der Waals surface area (Å²) in [4.78, 5) is 12.0. The molecule has 0 unspecified atom stereocenters. The zero-order valence-corrected chi connectivity index (χ0v) is 10.8. The second-order valence-electron chi connectivity index (χ2n) is 5.03. The first-order chi connectivity index (χ1) is 9.39. The lowest BCUT2D eigenvalue weighted by Crippen LogP contribution is -2.23. The molecule has 6 heteroatoms. The Hall–Kier alpha value is -1.98. The van der Waals surface area contributed by atoms with Crippen molar-refractivity contribution in [3.8, 4) is 5.69 Å². The van der Waals surface area contributed by atoms with Gasteiger partial charge in [-0.2, -0.15) is 13.2 Å². The Balaban J connectivity index is 2.22. The molecule has 3 nitrogen and oxygen atoms in total. The molecule has 0 radical (unpaired) electrons. The van der Waals surface area contributed by atoms with Crippen LogP contribution in [0.15, 0.2) is 35.1 Å². The zero-order valence-electron chi connectivity index (χ0n) is 10.8. The van der Waals surface area contributed by atoms with Gasteiger partial charge in [-0.25, -0.2) is 4.68 Å². The molecule has 0 atom stereocenters. The molecule has 20 heavy (non-hydrogen) atoms. The molecule has 0 saturated heterocycles. The minimum atomic E-state index is -4.49. The molecule has 3 rings (SSSR count). The maximum atomic E-state index is 13.1. The normalized spacial score (nSPS) is 15.6. The molecule has 1 aliphatic carbocycles. The first-order valence-corrected chi connectivity index (χ1v) is 6.35. The van der Waals surface area contributed by atoms with E-state index in [-0.39, 0.29) is 5.69 Å². The van der Waals surface area contributed by atoms with Gasteiger partial charge >= 0.3 is 6.18 Å². The molecule has 0 N–H and O–H groups in total. The van der Waals surface area contributed by atoms with Crippen molar-refractivity contribution in [3.63, 3.8) is 0 Å². The minimum absolute atomic E-state index is 0.126. The Morgan fingerprint density at radius 1 is 1.20 bits per heavy atom. The predicted octanol–water partition coefficient (Wildman–Crippen LogP) is 3.07. The van der Waals surface area contributed by atoms with Gasteiger partial charge in [-0.3, -0.25) is 9.48 Å². The van der Waals surface area contributed by atoms with Crippen LogP contribution in [0.3, 0.4) is 0 Å². The van der Waals surface area contributed by atoms with Crippen LogP contribution in [-0.4, -0.2) is 9.36 Å². The summed E-state index contributed by atoms with van der Waals surface area (Å²) in [7, 11) is 1.63. The van der Waals surface area contributed by atoms with Crippen molar-refractivity contribution in [2.24, 2.45) is 7.05 Å². The molecule has 0 aliphatic heterocycles. The molecule has 0 bridgehead atoms. The molecule has 1 saturated carbocycles. The Labute approximate surface area is 113 Å². The van der Waals surface area contributed by atoms with Crippen LogP contribution in [0.2, 0.25) is 0 Å². The Bertz CT molecular complexity index is 708. The first kappa shape index (κ1) is 13.0. The average molecular weight is 282 g/mol. The molecule has 0 amide bonds. The van der Waals surface area contributed by atoms with Crippen LogP contribution in [0.25, 0.3) is 5.69 Å². The van der Waals surface area contributed by atoms with Gasteiger partial charge in [0.25, 0.3) is 5.56 Å². The van der Waals surface area contributed by atoms with E-state index in [1.807, 2.05) is 0 Å². The number of aromatic nitrogens is 2. The SMILES string of the molecule is Cn1c(C2CC2)cc(=O)n1-c1ccccc1C(F)(F)F. The van der Waals surface area contributed by atoms with E-state index in [4.69, 9.17) is 0 Å². The monoisotopic (exact) mass is 282 g/mol. The summed E-state index contributed by atoms with van der Waals surface area (Å²) in [6.45, 7) is 0. The molecule has 1 aromatic carbocycles. The van der Waals surface area contributed by atoms with E-state index in [9.17, 15) is 18.0 Å².